The minimum Gasteiger partial charge on any atom is -0.464 e. The maximum Gasteiger partial charge on any atom is 0.252 e. The van der Waals surface area contributed by atoms with E-state index in [9.17, 15) is 13.2 Å². The second-order valence-corrected chi connectivity index (χ2v) is 9.63. The van der Waals surface area contributed by atoms with Gasteiger partial charge < -0.3 is 9.73 Å². The molecule has 1 atom stereocenters. The van der Waals surface area contributed by atoms with Gasteiger partial charge in [-0.25, -0.2) is 8.42 Å². The Balaban J connectivity index is 1.34. The number of hydrogen-bond acceptors (Lipinski definition) is 4. The van der Waals surface area contributed by atoms with Gasteiger partial charge in [-0.2, -0.15) is 4.31 Å². The molecule has 32 heavy (non-hydrogen) atoms. The van der Waals surface area contributed by atoms with E-state index in [1.807, 2.05) is 42.5 Å². The topological polar surface area (TPSA) is 79.6 Å². The molecule has 0 aliphatic carbocycles. The lowest BCUT2D eigenvalue weighted by atomic mass is 10.1. The number of benzene rings is 3. The highest BCUT2D eigenvalue weighted by atomic mass is 32.2. The normalized spacial score (nSPS) is 16.6. The van der Waals surface area contributed by atoms with E-state index < -0.39 is 10.0 Å². The van der Waals surface area contributed by atoms with E-state index >= 15 is 0 Å². The van der Waals surface area contributed by atoms with Crippen molar-refractivity contribution in [1.29, 1.82) is 0 Å². The summed E-state index contributed by atoms with van der Waals surface area (Å²) in [5, 5.41) is 3.63. The summed E-state index contributed by atoms with van der Waals surface area (Å²) in [6, 6.07) is 23.3. The highest BCUT2D eigenvalue weighted by molar-refractivity contribution is 7.89. The van der Waals surface area contributed by atoms with Gasteiger partial charge in [-0.15, -0.1) is 0 Å². The van der Waals surface area contributed by atoms with Crippen molar-refractivity contribution in [2.45, 2.75) is 17.4 Å². The van der Waals surface area contributed by atoms with Crippen molar-refractivity contribution in [1.82, 2.24) is 9.62 Å². The number of sulfonamides is 1. The van der Waals surface area contributed by atoms with Crippen molar-refractivity contribution in [3.63, 3.8) is 0 Å². The molecule has 6 nitrogen and oxygen atoms in total. The largest absolute Gasteiger partial charge is 0.464 e. The van der Waals surface area contributed by atoms with Gasteiger partial charge in [0.1, 0.15) is 5.58 Å². The number of carbonyl (C=O) groups is 1. The predicted octanol–water partition coefficient (Wildman–Crippen LogP) is 4.29. The third-order valence-corrected chi connectivity index (χ3v) is 7.90. The Hall–Kier alpha value is -3.42. The molecule has 5 rings (SSSR count). The third kappa shape index (κ3) is 3.59. The van der Waals surface area contributed by atoms with Crippen LogP contribution in [-0.4, -0.2) is 37.8 Å². The molecule has 0 bridgehead atoms. The average Bonchev–Trinajstić information content (AvgIpc) is 3.27. The summed E-state index contributed by atoms with van der Waals surface area (Å²) in [6.07, 6.45) is 2.24. The summed E-state index contributed by atoms with van der Waals surface area (Å²) in [5.74, 6) is -0.245. The van der Waals surface area contributed by atoms with Crippen LogP contribution >= 0.6 is 0 Å². The summed E-state index contributed by atoms with van der Waals surface area (Å²) >= 11 is 0. The molecular formula is C25H22N2O4S. The van der Waals surface area contributed by atoms with Crippen LogP contribution < -0.4 is 5.32 Å². The van der Waals surface area contributed by atoms with Gasteiger partial charge in [0.25, 0.3) is 5.91 Å². The zero-order valence-corrected chi connectivity index (χ0v) is 18.1. The maximum atomic E-state index is 13.5. The fourth-order valence-corrected chi connectivity index (χ4v) is 5.99. The van der Waals surface area contributed by atoms with Crippen LogP contribution in [0.4, 0.5) is 0 Å². The molecule has 0 saturated carbocycles. The number of nitrogens with one attached hydrogen (secondary N) is 1. The molecule has 1 aromatic heterocycles. The molecule has 1 aliphatic rings. The summed E-state index contributed by atoms with van der Waals surface area (Å²) in [6.45, 7) is 0.684. The number of nitrogens with zero attached hydrogens (tertiary/aromatic N) is 1. The van der Waals surface area contributed by atoms with Crippen molar-refractivity contribution in [3.8, 4) is 11.1 Å². The van der Waals surface area contributed by atoms with Crippen LogP contribution in [0.25, 0.3) is 22.1 Å². The quantitative estimate of drug-likeness (QED) is 0.479. The van der Waals surface area contributed by atoms with Crippen LogP contribution in [0.15, 0.2) is 94.4 Å². The van der Waals surface area contributed by atoms with Crippen molar-refractivity contribution in [3.05, 3.63) is 90.7 Å². The lowest BCUT2D eigenvalue weighted by Gasteiger charge is -2.40. The zero-order valence-electron chi connectivity index (χ0n) is 17.3. The van der Waals surface area contributed by atoms with Gasteiger partial charge in [-0.1, -0.05) is 54.6 Å². The van der Waals surface area contributed by atoms with Crippen molar-refractivity contribution < 1.29 is 17.6 Å². The van der Waals surface area contributed by atoms with Gasteiger partial charge in [0.05, 0.1) is 16.7 Å². The number of carbonyl (C=O) groups excluding carboxylic acids is 1. The second-order valence-electron chi connectivity index (χ2n) is 7.77. The van der Waals surface area contributed by atoms with E-state index in [0.29, 0.717) is 29.7 Å². The second kappa shape index (κ2) is 8.26. The highest BCUT2D eigenvalue weighted by Gasteiger charge is 2.39. The molecule has 0 spiro atoms. The van der Waals surface area contributed by atoms with Gasteiger partial charge >= 0.3 is 0 Å². The number of amides is 1. The molecule has 1 N–H and O–H groups in total. The fraction of sp³-hybridized carbons (Fsp3) is 0.160. The van der Waals surface area contributed by atoms with Crippen LogP contribution in [0, 0.1) is 0 Å². The summed E-state index contributed by atoms with van der Waals surface area (Å²) in [7, 11) is -3.70. The molecule has 1 fully saturated rings. The van der Waals surface area contributed by atoms with Crippen LogP contribution in [0.1, 0.15) is 16.8 Å². The first-order valence-corrected chi connectivity index (χ1v) is 11.9. The lowest BCUT2D eigenvalue weighted by Crippen LogP contribution is -2.55. The van der Waals surface area contributed by atoms with Crippen LogP contribution in [0.3, 0.4) is 0 Å². The van der Waals surface area contributed by atoms with Crippen LogP contribution in [0.5, 0.6) is 0 Å². The first kappa shape index (κ1) is 20.5. The van der Waals surface area contributed by atoms with E-state index in [0.717, 1.165) is 10.9 Å². The Morgan fingerprint density at radius 1 is 0.969 bits per heavy atom. The standard InChI is InChI=1S/C25H22N2O4S/c28-25(22-10-6-11-23-21(22)14-16-31-23)26-17-19-13-15-27(19)32(29,30)24-12-5-4-9-20(24)18-7-2-1-3-8-18/h1-12,14,16,19H,13,15,17H2,(H,26,28)/t19-/m1/s1. The Bertz CT molecular complexity index is 1380. The third-order valence-electron chi connectivity index (χ3n) is 5.89. The Morgan fingerprint density at radius 2 is 1.75 bits per heavy atom. The van der Waals surface area contributed by atoms with E-state index in [1.165, 1.54) is 4.31 Å². The molecule has 0 radical (unpaired) electrons. The number of hydrogen-bond donors (Lipinski definition) is 1. The van der Waals surface area contributed by atoms with Gasteiger partial charge in [-0.05, 0) is 36.2 Å². The van der Waals surface area contributed by atoms with E-state index in [2.05, 4.69) is 5.32 Å². The van der Waals surface area contributed by atoms with Gasteiger partial charge in [0, 0.05) is 30.1 Å². The van der Waals surface area contributed by atoms with E-state index in [1.54, 1.807) is 42.7 Å². The van der Waals surface area contributed by atoms with Crippen molar-refractivity contribution >= 4 is 26.9 Å². The maximum absolute atomic E-state index is 13.5. The van der Waals surface area contributed by atoms with E-state index in [-0.39, 0.29) is 23.4 Å². The van der Waals surface area contributed by atoms with Crippen LogP contribution in [-0.2, 0) is 10.0 Å². The molecule has 2 heterocycles. The van der Waals surface area contributed by atoms with Gasteiger partial charge in [0.2, 0.25) is 10.0 Å². The van der Waals surface area contributed by atoms with E-state index in [4.69, 9.17) is 4.42 Å². The lowest BCUT2D eigenvalue weighted by molar-refractivity contribution is 0.0929. The summed E-state index contributed by atoms with van der Waals surface area (Å²) < 4.78 is 33.8. The minimum atomic E-state index is -3.70. The molecule has 4 aromatic rings. The molecule has 1 aliphatic heterocycles. The minimum absolute atomic E-state index is 0.245. The first-order valence-electron chi connectivity index (χ1n) is 10.5. The first-order chi connectivity index (χ1) is 15.6. The molecule has 0 unspecified atom stereocenters. The number of fused-ring (bicyclic) bond motifs is 1. The van der Waals surface area contributed by atoms with Crippen LogP contribution in [0.2, 0.25) is 0 Å². The summed E-state index contributed by atoms with van der Waals surface area (Å²) in [4.78, 5) is 13.0. The molecular weight excluding hydrogens is 424 g/mol. The molecule has 3 aromatic carbocycles. The van der Waals surface area contributed by atoms with Crippen molar-refractivity contribution in [2.24, 2.45) is 0 Å². The SMILES string of the molecule is O=C(NC[C@H]1CCN1S(=O)(=O)c1ccccc1-c1ccccc1)c1cccc2occc12. The monoisotopic (exact) mass is 446 g/mol. The van der Waals surface area contributed by atoms with Gasteiger partial charge in [0.15, 0.2) is 0 Å². The molecule has 7 heteroatoms. The number of rotatable bonds is 6. The number of furan rings is 1. The Labute approximate surface area is 186 Å². The Kier molecular flexibility index (Phi) is 5.28. The highest BCUT2D eigenvalue weighted by Crippen LogP contribution is 2.33. The molecule has 162 valence electrons. The average molecular weight is 447 g/mol. The predicted molar refractivity (Wildman–Crippen MR) is 123 cm³/mol. The molecule has 1 saturated heterocycles. The zero-order chi connectivity index (χ0) is 22.1. The molecule has 1 amide bonds. The van der Waals surface area contributed by atoms with Gasteiger partial charge in [-0.3, -0.25) is 4.79 Å². The smallest absolute Gasteiger partial charge is 0.252 e. The van der Waals surface area contributed by atoms with Crippen molar-refractivity contribution in [2.75, 3.05) is 13.1 Å². The fourth-order valence-electron chi connectivity index (χ4n) is 4.11. The Morgan fingerprint density at radius 3 is 2.53 bits per heavy atom. The summed E-state index contributed by atoms with van der Waals surface area (Å²) in [5.41, 5.74) is 2.68.